The molecule has 3 atom stereocenters. The number of sulfone groups is 1. The number of halogens is 1. The normalized spacial score (nSPS) is 14.3. The van der Waals surface area contributed by atoms with Gasteiger partial charge in [-0.05, 0) is 68.7 Å². The van der Waals surface area contributed by atoms with Gasteiger partial charge in [-0.2, -0.15) is 0 Å². The van der Waals surface area contributed by atoms with Crippen LogP contribution in [0.15, 0.2) is 83.8 Å². The Morgan fingerprint density at radius 3 is 2.05 bits per heavy atom. The molecule has 3 rings (SSSR count). The first-order valence-corrected chi connectivity index (χ1v) is 17.4. The summed E-state index contributed by atoms with van der Waals surface area (Å²) in [6.07, 6.45) is -0.423. The van der Waals surface area contributed by atoms with E-state index in [2.05, 4.69) is 15.4 Å². The number of aliphatic hydroxyl groups excluding tert-OH is 1. The van der Waals surface area contributed by atoms with Gasteiger partial charge in [-0.1, -0.05) is 48.5 Å². The van der Waals surface area contributed by atoms with Crippen molar-refractivity contribution in [1.29, 1.82) is 0 Å². The Hall–Kier alpha value is -3.65. The molecule has 13 heteroatoms. The summed E-state index contributed by atoms with van der Waals surface area (Å²) in [6.45, 7) is 5.51. The predicted octanol–water partition coefficient (Wildman–Crippen LogP) is 2.38. The van der Waals surface area contributed by atoms with E-state index < -0.39 is 61.1 Å². The molecule has 3 aromatic carbocycles. The predicted molar refractivity (Wildman–Crippen MR) is 166 cm³/mol. The average molecular weight is 648 g/mol. The Bertz CT molecular complexity index is 1660. The first-order valence-electron chi connectivity index (χ1n) is 13.8. The lowest BCUT2D eigenvalue weighted by Gasteiger charge is -2.28. The maximum absolute atomic E-state index is 13.5. The molecule has 0 aromatic heterocycles. The van der Waals surface area contributed by atoms with Crippen LogP contribution >= 0.6 is 0 Å². The van der Waals surface area contributed by atoms with Gasteiger partial charge in [0.2, 0.25) is 15.9 Å². The van der Waals surface area contributed by atoms with E-state index in [0.29, 0.717) is 11.1 Å². The molecule has 0 aliphatic carbocycles. The number of hydrogen-bond acceptors (Lipinski definition) is 7. The molecular weight excluding hydrogens is 609 g/mol. The second kappa shape index (κ2) is 14.4. The topological polar surface area (TPSA) is 159 Å². The number of rotatable bonds is 13. The van der Waals surface area contributed by atoms with Crippen LogP contribution in [0.3, 0.4) is 0 Å². The highest BCUT2D eigenvalue weighted by atomic mass is 32.2. The number of nitrogens with one attached hydrogen (secondary N) is 3. The molecule has 0 spiro atoms. The van der Waals surface area contributed by atoms with Gasteiger partial charge in [-0.25, -0.2) is 25.9 Å². The van der Waals surface area contributed by atoms with Crippen LogP contribution in [0.4, 0.5) is 4.39 Å². The third kappa shape index (κ3) is 10.8. The second-order valence-corrected chi connectivity index (χ2v) is 15.4. The lowest BCUT2D eigenvalue weighted by molar-refractivity contribution is -0.123. The molecule has 44 heavy (non-hydrogen) atoms. The molecule has 10 nitrogen and oxygen atoms in total. The van der Waals surface area contributed by atoms with Crippen LogP contribution in [0, 0.1) is 5.82 Å². The Labute approximate surface area is 258 Å². The Morgan fingerprint density at radius 2 is 1.45 bits per heavy atom. The number of hydrogen-bond donors (Lipinski definition) is 4. The zero-order valence-electron chi connectivity index (χ0n) is 25.0. The first kappa shape index (κ1) is 34.8. The summed E-state index contributed by atoms with van der Waals surface area (Å²) in [5.74, 6) is -2.95. The molecule has 0 bridgehead atoms. The van der Waals surface area contributed by atoms with Crippen molar-refractivity contribution in [2.75, 3.05) is 12.0 Å². The molecule has 0 aliphatic rings. The van der Waals surface area contributed by atoms with Gasteiger partial charge in [0.15, 0.2) is 9.84 Å². The van der Waals surface area contributed by atoms with Gasteiger partial charge in [0, 0.05) is 17.5 Å². The fraction of sp³-hybridized carbons (Fsp3) is 0.355. The third-order valence-corrected chi connectivity index (χ3v) is 8.98. The molecule has 0 fully saturated rings. The van der Waals surface area contributed by atoms with Gasteiger partial charge in [0.25, 0.3) is 5.91 Å². The zero-order valence-corrected chi connectivity index (χ0v) is 26.6. The lowest BCUT2D eigenvalue weighted by Crippen LogP contribution is -2.55. The summed E-state index contributed by atoms with van der Waals surface area (Å²) >= 11 is 0. The molecular formula is C31H38FN3O7S2. The van der Waals surface area contributed by atoms with Gasteiger partial charge < -0.3 is 15.7 Å². The van der Waals surface area contributed by atoms with Crippen molar-refractivity contribution >= 4 is 31.7 Å². The fourth-order valence-electron chi connectivity index (χ4n) is 4.51. The molecule has 0 saturated carbocycles. The first-order chi connectivity index (χ1) is 20.4. The van der Waals surface area contributed by atoms with E-state index in [1.165, 1.54) is 0 Å². The molecule has 3 aromatic rings. The van der Waals surface area contributed by atoms with E-state index in [9.17, 15) is 35.9 Å². The van der Waals surface area contributed by atoms with E-state index in [-0.39, 0.29) is 23.6 Å². The quantitative estimate of drug-likeness (QED) is 0.207. The van der Waals surface area contributed by atoms with Crippen molar-refractivity contribution in [2.24, 2.45) is 0 Å². The van der Waals surface area contributed by atoms with Crippen LogP contribution in [0.1, 0.15) is 42.3 Å². The Kier molecular flexibility index (Phi) is 11.4. The number of carbonyl (C=O) groups is 2. The van der Waals surface area contributed by atoms with E-state index in [1.54, 1.807) is 54.6 Å². The van der Waals surface area contributed by atoms with Crippen molar-refractivity contribution in [3.05, 3.63) is 101 Å². The van der Waals surface area contributed by atoms with E-state index in [1.807, 2.05) is 20.8 Å². The molecule has 0 heterocycles. The average Bonchev–Trinajstić information content (AvgIpc) is 2.91. The van der Waals surface area contributed by atoms with Gasteiger partial charge in [-0.15, -0.1) is 0 Å². The third-order valence-electron chi connectivity index (χ3n) is 6.50. The number of sulfonamides is 1. The SMILES string of the molecule is CC(C)(C)NC(=O)c1ccccc1C[C@@H](O)[C@H](Cc1ccccc1)NC(=O)[C@H](CS(=O)(=O)c1ccc(F)cc1)NS(C)(=O)=O. The van der Waals surface area contributed by atoms with Crippen LogP contribution < -0.4 is 15.4 Å². The number of aliphatic hydroxyl groups is 1. The number of benzene rings is 3. The van der Waals surface area contributed by atoms with Crippen LogP contribution in [0.25, 0.3) is 0 Å². The van der Waals surface area contributed by atoms with Crippen molar-refractivity contribution in [2.45, 2.75) is 62.2 Å². The van der Waals surface area contributed by atoms with Crippen LogP contribution in [0.5, 0.6) is 0 Å². The summed E-state index contributed by atoms with van der Waals surface area (Å²) in [5.41, 5.74) is 1.08. The largest absolute Gasteiger partial charge is 0.391 e. The Morgan fingerprint density at radius 1 is 0.864 bits per heavy atom. The zero-order chi connectivity index (χ0) is 32.7. The summed E-state index contributed by atoms with van der Waals surface area (Å²) in [4.78, 5) is 26.2. The van der Waals surface area contributed by atoms with E-state index in [4.69, 9.17) is 0 Å². The highest BCUT2D eigenvalue weighted by molar-refractivity contribution is 7.91. The van der Waals surface area contributed by atoms with Gasteiger partial charge >= 0.3 is 0 Å². The Balaban J connectivity index is 1.92. The van der Waals surface area contributed by atoms with Crippen LogP contribution in [-0.2, 0) is 37.5 Å². The van der Waals surface area contributed by atoms with Gasteiger partial charge in [0.1, 0.15) is 11.9 Å². The van der Waals surface area contributed by atoms with E-state index in [0.717, 1.165) is 36.1 Å². The highest BCUT2D eigenvalue weighted by Gasteiger charge is 2.33. The minimum absolute atomic E-state index is 0.0520. The molecule has 0 saturated heterocycles. The molecule has 0 aliphatic heterocycles. The van der Waals surface area contributed by atoms with Crippen molar-refractivity contribution in [1.82, 2.24) is 15.4 Å². The second-order valence-electron chi connectivity index (χ2n) is 11.6. The highest BCUT2D eigenvalue weighted by Crippen LogP contribution is 2.18. The minimum Gasteiger partial charge on any atom is -0.391 e. The van der Waals surface area contributed by atoms with Crippen LogP contribution in [0.2, 0.25) is 0 Å². The number of amides is 2. The molecule has 0 radical (unpaired) electrons. The summed E-state index contributed by atoms with van der Waals surface area (Å²) < 4.78 is 65.9. The van der Waals surface area contributed by atoms with Crippen molar-refractivity contribution in [3.8, 4) is 0 Å². The van der Waals surface area contributed by atoms with E-state index >= 15 is 0 Å². The molecule has 4 N–H and O–H groups in total. The monoisotopic (exact) mass is 647 g/mol. The standard InChI is InChI=1S/C31H38FN3O7S2/c1-31(2,3)34-29(37)25-13-9-8-12-22(25)19-28(36)26(18-21-10-6-5-7-11-21)33-30(38)27(35-43(4,39)40)20-44(41,42)24-16-14-23(32)15-17-24/h5-17,26-28,35-36H,18-20H2,1-4H3,(H,33,38)(H,34,37)/t26-,27-,28+/m0/s1. The van der Waals surface area contributed by atoms with Crippen molar-refractivity contribution < 1.29 is 35.9 Å². The summed E-state index contributed by atoms with van der Waals surface area (Å²) in [7, 11) is -8.31. The van der Waals surface area contributed by atoms with Gasteiger partial charge in [-0.3, -0.25) is 9.59 Å². The summed E-state index contributed by atoms with van der Waals surface area (Å²) in [5, 5.41) is 17.0. The fourth-order valence-corrected chi connectivity index (χ4v) is 6.74. The van der Waals surface area contributed by atoms with Gasteiger partial charge in [0.05, 0.1) is 29.0 Å². The van der Waals surface area contributed by atoms with Crippen molar-refractivity contribution in [3.63, 3.8) is 0 Å². The smallest absolute Gasteiger partial charge is 0.251 e. The minimum atomic E-state index is -4.25. The lowest BCUT2D eigenvalue weighted by atomic mass is 9.93. The molecule has 0 unspecified atom stereocenters. The maximum atomic E-state index is 13.5. The molecule has 2 amide bonds. The number of carbonyl (C=O) groups excluding carboxylic acids is 2. The maximum Gasteiger partial charge on any atom is 0.251 e. The van der Waals surface area contributed by atoms with Crippen LogP contribution in [-0.4, -0.2) is 69.5 Å². The molecule has 238 valence electrons. The summed E-state index contributed by atoms with van der Waals surface area (Å²) in [6, 6.07) is 16.8.